The van der Waals surface area contributed by atoms with Crippen molar-refractivity contribution in [2.75, 3.05) is 12.4 Å². The molecule has 2 atom stereocenters. The van der Waals surface area contributed by atoms with Gasteiger partial charge in [0.1, 0.15) is 12.1 Å². The zero-order valence-electron chi connectivity index (χ0n) is 8.03. The van der Waals surface area contributed by atoms with Crippen molar-refractivity contribution in [1.82, 2.24) is 5.32 Å². The molecule has 0 rings (SSSR count). The van der Waals surface area contributed by atoms with Gasteiger partial charge in [0.2, 0.25) is 5.91 Å². The molecule has 0 aromatic rings. The smallest absolute Gasteiger partial charge is 0.328 e. The van der Waals surface area contributed by atoms with Crippen LogP contribution in [-0.2, 0) is 19.7 Å². The second kappa shape index (κ2) is 5.75. The Bertz CT molecular complexity index is 365. The van der Waals surface area contributed by atoms with Crippen molar-refractivity contribution in [1.29, 1.82) is 0 Å². The van der Waals surface area contributed by atoms with Crippen LogP contribution in [0.3, 0.4) is 0 Å². The predicted octanol–water partition coefficient (Wildman–Crippen LogP) is -3.24. The third-order valence-electron chi connectivity index (χ3n) is 1.52. The van der Waals surface area contributed by atoms with Crippen LogP contribution in [0.5, 0.6) is 0 Å². The molecule has 0 radical (unpaired) electrons. The van der Waals surface area contributed by atoms with Crippen LogP contribution in [0.15, 0.2) is 0 Å². The highest BCUT2D eigenvalue weighted by Crippen LogP contribution is 1.90. The molecule has 16 heavy (non-hydrogen) atoms. The number of carbonyl (C=O) groups is 2. The Labute approximate surface area is 91.0 Å². The molecule has 0 aliphatic carbocycles. The number of aliphatic hydroxyl groups is 1. The molecular formula is C6H12N2O7S. The summed E-state index contributed by atoms with van der Waals surface area (Å²) < 4.78 is 29.1. The number of aliphatic carboxylic acids is 1. The first kappa shape index (κ1) is 14.8. The highest BCUT2D eigenvalue weighted by atomic mass is 32.2. The van der Waals surface area contributed by atoms with E-state index in [4.69, 9.17) is 20.5 Å². The highest BCUT2D eigenvalue weighted by Gasteiger charge is 2.25. The van der Waals surface area contributed by atoms with E-state index in [0.717, 1.165) is 0 Å². The summed E-state index contributed by atoms with van der Waals surface area (Å²) in [4.78, 5) is 21.5. The molecule has 10 heteroatoms. The monoisotopic (exact) mass is 256 g/mol. The van der Waals surface area contributed by atoms with Gasteiger partial charge in [-0.3, -0.25) is 9.35 Å². The molecule has 1 amide bonds. The van der Waals surface area contributed by atoms with E-state index in [0.29, 0.717) is 0 Å². The first-order valence-electron chi connectivity index (χ1n) is 4.02. The van der Waals surface area contributed by atoms with Gasteiger partial charge in [0.25, 0.3) is 10.1 Å². The Kier molecular flexibility index (Phi) is 5.30. The lowest BCUT2D eigenvalue weighted by atomic mass is 10.2. The molecule has 0 heterocycles. The predicted molar refractivity (Wildman–Crippen MR) is 51.0 cm³/mol. The SMILES string of the molecule is N[C@@H](CS(=O)(=O)O)C(=O)N[C@@H](CO)C(=O)O. The summed E-state index contributed by atoms with van der Waals surface area (Å²) in [7, 11) is -4.43. The first-order chi connectivity index (χ1) is 7.17. The summed E-state index contributed by atoms with van der Waals surface area (Å²) >= 11 is 0. The number of carboxylic acid groups (broad SMARTS) is 1. The number of rotatable bonds is 6. The van der Waals surface area contributed by atoms with Gasteiger partial charge in [-0.25, -0.2) is 4.79 Å². The quantitative estimate of drug-likeness (QED) is 0.309. The van der Waals surface area contributed by atoms with Crippen LogP contribution in [0.1, 0.15) is 0 Å². The number of nitrogens with two attached hydrogens (primary N) is 1. The topological polar surface area (TPSA) is 167 Å². The van der Waals surface area contributed by atoms with Gasteiger partial charge in [-0.1, -0.05) is 0 Å². The normalized spacial score (nSPS) is 15.2. The number of carbonyl (C=O) groups excluding carboxylic acids is 1. The van der Waals surface area contributed by atoms with E-state index < -0.39 is 46.4 Å². The number of hydrogen-bond donors (Lipinski definition) is 5. The van der Waals surface area contributed by atoms with Crippen LogP contribution in [0.4, 0.5) is 0 Å². The van der Waals surface area contributed by atoms with E-state index in [1.807, 2.05) is 0 Å². The van der Waals surface area contributed by atoms with Crippen molar-refractivity contribution >= 4 is 22.0 Å². The van der Waals surface area contributed by atoms with Crippen LogP contribution in [0.25, 0.3) is 0 Å². The molecule has 0 aliphatic rings. The highest BCUT2D eigenvalue weighted by molar-refractivity contribution is 7.85. The van der Waals surface area contributed by atoms with Crippen molar-refractivity contribution in [3.05, 3.63) is 0 Å². The average Bonchev–Trinajstić information content (AvgIpc) is 2.10. The zero-order valence-corrected chi connectivity index (χ0v) is 8.85. The summed E-state index contributed by atoms with van der Waals surface area (Å²) in [6.45, 7) is -0.861. The number of aliphatic hydroxyl groups excluding tert-OH is 1. The number of hydrogen-bond acceptors (Lipinski definition) is 6. The Morgan fingerprint density at radius 3 is 2.19 bits per heavy atom. The maximum absolute atomic E-state index is 11.1. The lowest BCUT2D eigenvalue weighted by molar-refractivity contribution is -0.143. The number of carboxylic acids is 1. The van der Waals surface area contributed by atoms with Gasteiger partial charge in [-0.15, -0.1) is 0 Å². The van der Waals surface area contributed by atoms with E-state index in [2.05, 4.69) is 0 Å². The molecule has 0 aromatic heterocycles. The van der Waals surface area contributed by atoms with Crippen LogP contribution in [-0.4, -0.2) is 59.5 Å². The second-order valence-corrected chi connectivity index (χ2v) is 4.43. The van der Waals surface area contributed by atoms with Gasteiger partial charge in [0.05, 0.1) is 12.4 Å². The molecule has 0 fully saturated rings. The van der Waals surface area contributed by atoms with Gasteiger partial charge < -0.3 is 21.3 Å². The Balaban J connectivity index is 4.41. The molecule has 0 spiro atoms. The van der Waals surface area contributed by atoms with E-state index in [-0.39, 0.29) is 0 Å². The maximum atomic E-state index is 11.1. The summed E-state index contributed by atoms with van der Waals surface area (Å²) in [6, 6.07) is -3.18. The molecule has 0 bridgehead atoms. The van der Waals surface area contributed by atoms with E-state index in [1.54, 1.807) is 5.32 Å². The van der Waals surface area contributed by atoms with Crippen molar-refractivity contribution in [2.45, 2.75) is 12.1 Å². The zero-order chi connectivity index (χ0) is 12.9. The summed E-state index contributed by atoms with van der Waals surface area (Å²) in [5.74, 6) is -3.62. The molecule has 0 aliphatic heterocycles. The van der Waals surface area contributed by atoms with Crippen LogP contribution < -0.4 is 11.1 Å². The van der Waals surface area contributed by atoms with E-state index >= 15 is 0 Å². The minimum absolute atomic E-state index is 0.861. The molecule has 6 N–H and O–H groups in total. The largest absolute Gasteiger partial charge is 0.480 e. The van der Waals surface area contributed by atoms with Crippen LogP contribution in [0.2, 0.25) is 0 Å². The minimum Gasteiger partial charge on any atom is -0.480 e. The van der Waals surface area contributed by atoms with Crippen molar-refractivity contribution < 1.29 is 32.8 Å². The van der Waals surface area contributed by atoms with E-state index in [9.17, 15) is 18.0 Å². The van der Waals surface area contributed by atoms with Gasteiger partial charge in [0, 0.05) is 0 Å². The fourth-order valence-electron chi connectivity index (χ4n) is 0.767. The van der Waals surface area contributed by atoms with Gasteiger partial charge in [-0.2, -0.15) is 8.42 Å². The van der Waals surface area contributed by atoms with Crippen molar-refractivity contribution in [2.24, 2.45) is 5.73 Å². The molecule has 0 saturated carbocycles. The number of amides is 1. The lowest BCUT2D eigenvalue weighted by Crippen LogP contribution is -2.52. The molecule has 0 unspecified atom stereocenters. The Morgan fingerprint density at radius 2 is 1.88 bits per heavy atom. The third kappa shape index (κ3) is 5.60. The number of nitrogens with one attached hydrogen (secondary N) is 1. The van der Waals surface area contributed by atoms with Crippen LogP contribution >= 0.6 is 0 Å². The molecule has 94 valence electrons. The molecule has 0 aromatic carbocycles. The van der Waals surface area contributed by atoms with Crippen molar-refractivity contribution in [3.8, 4) is 0 Å². The fourth-order valence-corrected chi connectivity index (χ4v) is 1.37. The van der Waals surface area contributed by atoms with Gasteiger partial charge >= 0.3 is 5.97 Å². The Hall–Kier alpha value is -1.23. The van der Waals surface area contributed by atoms with Gasteiger partial charge in [0.15, 0.2) is 0 Å². The van der Waals surface area contributed by atoms with Crippen LogP contribution in [0, 0.1) is 0 Å². The summed E-state index contributed by atoms with van der Waals surface area (Å²) in [5, 5.41) is 18.8. The average molecular weight is 256 g/mol. The lowest BCUT2D eigenvalue weighted by Gasteiger charge is -2.14. The third-order valence-corrected chi connectivity index (χ3v) is 2.30. The molecule has 0 saturated heterocycles. The summed E-state index contributed by atoms with van der Waals surface area (Å²) in [6.07, 6.45) is 0. The standard InChI is InChI=1S/C6H12N2O7S/c7-3(2-16(13,14)15)5(10)8-4(1-9)6(11)12/h3-4,9H,1-2,7H2,(H,8,10)(H,11,12)(H,13,14,15)/t3-,4-/m0/s1. The van der Waals surface area contributed by atoms with Crippen molar-refractivity contribution in [3.63, 3.8) is 0 Å². The fraction of sp³-hybridized carbons (Fsp3) is 0.667. The summed E-state index contributed by atoms with van der Waals surface area (Å²) in [5.41, 5.74) is 5.08. The Morgan fingerprint density at radius 1 is 1.38 bits per heavy atom. The maximum Gasteiger partial charge on any atom is 0.328 e. The first-order valence-corrected chi connectivity index (χ1v) is 5.63. The van der Waals surface area contributed by atoms with E-state index in [1.165, 1.54) is 0 Å². The minimum atomic E-state index is -4.43. The van der Waals surface area contributed by atoms with Gasteiger partial charge in [-0.05, 0) is 0 Å². The second-order valence-electron chi connectivity index (χ2n) is 2.94. The molecular weight excluding hydrogens is 244 g/mol. The molecule has 9 nitrogen and oxygen atoms in total.